The number of ether oxygens (including phenoxy) is 2. The van der Waals surface area contributed by atoms with Crippen LogP contribution in [-0.2, 0) is 4.74 Å². The molecule has 2 heterocycles. The van der Waals surface area contributed by atoms with Crippen molar-refractivity contribution >= 4 is 0 Å². The average Bonchev–Trinajstić information content (AvgIpc) is 2.96. The summed E-state index contributed by atoms with van der Waals surface area (Å²) in [5.41, 5.74) is 1.26. The second-order valence-electron chi connectivity index (χ2n) is 5.70. The van der Waals surface area contributed by atoms with Gasteiger partial charge in [-0.3, -0.25) is 4.90 Å². The molecule has 0 amide bonds. The van der Waals surface area contributed by atoms with Crippen LogP contribution >= 0.6 is 0 Å². The molecular formula is C16H24N2O2. The molecule has 2 aliphatic rings. The fourth-order valence-electron chi connectivity index (χ4n) is 3.42. The van der Waals surface area contributed by atoms with Gasteiger partial charge in [0.25, 0.3) is 0 Å². The van der Waals surface area contributed by atoms with E-state index >= 15 is 0 Å². The van der Waals surface area contributed by atoms with E-state index in [1.807, 2.05) is 19.2 Å². The number of nitrogens with one attached hydrogen (secondary N) is 1. The summed E-state index contributed by atoms with van der Waals surface area (Å²) in [6, 6.07) is 9.17. The van der Waals surface area contributed by atoms with E-state index in [9.17, 15) is 0 Å². The normalized spacial score (nSPS) is 28.1. The molecule has 0 bridgehead atoms. The van der Waals surface area contributed by atoms with Crippen LogP contribution in [0.15, 0.2) is 24.3 Å². The van der Waals surface area contributed by atoms with Crippen LogP contribution in [0.4, 0.5) is 0 Å². The third kappa shape index (κ3) is 2.68. The van der Waals surface area contributed by atoms with Crippen LogP contribution < -0.4 is 10.1 Å². The Labute approximate surface area is 121 Å². The van der Waals surface area contributed by atoms with Gasteiger partial charge in [-0.05, 0) is 44.1 Å². The number of benzene rings is 1. The molecule has 2 fully saturated rings. The molecule has 20 heavy (non-hydrogen) atoms. The molecule has 1 N–H and O–H groups in total. The smallest absolute Gasteiger partial charge is 0.118 e. The van der Waals surface area contributed by atoms with Crippen LogP contribution in [-0.4, -0.2) is 50.9 Å². The third-order valence-electron chi connectivity index (χ3n) is 4.57. The minimum atomic E-state index is 0.225. The molecule has 3 rings (SSSR count). The number of hydrogen-bond donors (Lipinski definition) is 1. The van der Waals surface area contributed by atoms with Gasteiger partial charge in [-0.25, -0.2) is 0 Å². The lowest BCUT2D eigenvalue weighted by Gasteiger charge is -2.39. The van der Waals surface area contributed by atoms with Gasteiger partial charge in [0.1, 0.15) is 5.75 Å². The summed E-state index contributed by atoms with van der Waals surface area (Å²) in [5.74, 6) is 0.896. The van der Waals surface area contributed by atoms with Crippen molar-refractivity contribution in [3.05, 3.63) is 29.8 Å². The lowest BCUT2D eigenvalue weighted by molar-refractivity contribution is -0.0642. The topological polar surface area (TPSA) is 33.7 Å². The van der Waals surface area contributed by atoms with E-state index in [1.54, 1.807) is 7.11 Å². The number of fused-ring (bicyclic) bond motifs is 1. The van der Waals surface area contributed by atoms with Gasteiger partial charge in [-0.15, -0.1) is 0 Å². The summed E-state index contributed by atoms with van der Waals surface area (Å²) < 4.78 is 11.3. The van der Waals surface area contributed by atoms with E-state index in [4.69, 9.17) is 9.47 Å². The molecule has 2 saturated heterocycles. The molecule has 1 aromatic rings. The van der Waals surface area contributed by atoms with E-state index in [1.165, 1.54) is 24.9 Å². The van der Waals surface area contributed by atoms with E-state index in [2.05, 4.69) is 22.3 Å². The highest BCUT2D eigenvalue weighted by molar-refractivity contribution is 5.29. The van der Waals surface area contributed by atoms with Crippen molar-refractivity contribution in [3.63, 3.8) is 0 Å². The summed E-state index contributed by atoms with van der Waals surface area (Å²) in [7, 11) is 3.71. The van der Waals surface area contributed by atoms with E-state index < -0.39 is 0 Å². The zero-order valence-electron chi connectivity index (χ0n) is 12.3. The summed E-state index contributed by atoms with van der Waals surface area (Å²) in [4.78, 5) is 2.59. The lowest BCUT2D eigenvalue weighted by Crippen LogP contribution is -2.50. The number of nitrogens with zero attached hydrogens (tertiary/aromatic N) is 1. The Bertz CT molecular complexity index is 435. The second kappa shape index (κ2) is 6.12. The van der Waals surface area contributed by atoms with Crippen molar-refractivity contribution in [2.75, 3.05) is 33.9 Å². The first-order valence-corrected chi connectivity index (χ1v) is 7.48. The van der Waals surface area contributed by atoms with Crippen LogP contribution in [0.3, 0.4) is 0 Å². The molecule has 0 spiro atoms. The molecule has 3 unspecified atom stereocenters. The molecule has 0 saturated carbocycles. The van der Waals surface area contributed by atoms with E-state index in [-0.39, 0.29) is 12.1 Å². The first-order chi connectivity index (χ1) is 9.81. The third-order valence-corrected chi connectivity index (χ3v) is 4.57. The summed E-state index contributed by atoms with van der Waals surface area (Å²) in [6.45, 7) is 3.13. The monoisotopic (exact) mass is 276 g/mol. The highest BCUT2D eigenvalue weighted by atomic mass is 16.5. The Morgan fingerprint density at radius 2 is 2.15 bits per heavy atom. The highest BCUT2D eigenvalue weighted by Gasteiger charge is 2.35. The van der Waals surface area contributed by atoms with Crippen LogP contribution in [0.5, 0.6) is 5.75 Å². The van der Waals surface area contributed by atoms with Crippen molar-refractivity contribution in [1.29, 1.82) is 0 Å². The van der Waals surface area contributed by atoms with Crippen molar-refractivity contribution in [2.45, 2.75) is 31.0 Å². The number of likely N-dealkylation sites (N-methyl/N-ethyl adjacent to an activating group) is 1. The molecule has 0 aromatic heterocycles. The van der Waals surface area contributed by atoms with Crippen molar-refractivity contribution in [2.24, 2.45) is 0 Å². The maximum Gasteiger partial charge on any atom is 0.118 e. The van der Waals surface area contributed by atoms with Crippen LogP contribution in [0.2, 0.25) is 0 Å². The zero-order valence-corrected chi connectivity index (χ0v) is 12.3. The Hall–Kier alpha value is -1.10. The largest absolute Gasteiger partial charge is 0.497 e. The zero-order chi connectivity index (χ0) is 13.9. The standard InChI is InChI=1S/C16H24N2O2/c1-17-16(12-5-7-14(19-2)8-6-12)15-10-18-9-3-4-13(18)11-20-15/h5-8,13,15-17H,3-4,9-11H2,1-2H3. The molecule has 0 aliphatic carbocycles. The Kier molecular flexibility index (Phi) is 4.24. The second-order valence-corrected chi connectivity index (χ2v) is 5.70. The molecule has 1 aromatic carbocycles. The predicted octanol–water partition coefficient (Wildman–Crippen LogP) is 1.82. The van der Waals surface area contributed by atoms with Gasteiger partial charge in [-0.2, -0.15) is 0 Å². The Balaban J connectivity index is 1.72. The fourth-order valence-corrected chi connectivity index (χ4v) is 3.42. The van der Waals surface area contributed by atoms with Gasteiger partial charge < -0.3 is 14.8 Å². The molecule has 4 nitrogen and oxygen atoms in total. The Morgan fingerprint density at radius 3 is 2.85 bits per heavy atom. The van der Waals surface area contributed by atoms with Crippen molar-refractivity contribution in [3.8, 4) is 5.75 Å². The van der Waals surface area contributed by atoms with Gasteiger partial charge in [0.05, 0.1) is 25.9 Å². The van der Waals surface area contributed by atoms with E-state index in [0.717, 1.165) is 18.9 Å². The van der Waals surface area contributed by atoms with Crippen LogP contribution in [0, 0.1) is 0 Å². The SMILES string of the molecule is CNC(c1ccc(OC)cc1)C1CN2CCCC2CO1. The maximum atomic E-state index is 6.12. The summed E-state index contributed by atoms with van der Waals surface area (Å²) >= 11 is 0. The first kappa shape index (κ1) is 13.9. The van der Waals surface area contributed by atoms with Gasteiger partial charge in [0, 0.05) is 12.6 Å². The summed E-state index contributed by atoms with van der Waals surface area (Å²) in [6.07, 6.45) is 2.83. The maximum absolute atomic E-state index is 6.12. The molecule has 4 heteroatoms. The minimum absolute atomic E-state index is 0.225. The lowest BCUT2D eigenvalue weighted by atomic mass is 9.99. The number of rotatable bonds is 4. The Morgan fingerprint density at radius 1 is 1.35 bits per heavy atom. The average molecular weight is 276 g/mol. The van der Waals surface area contributed by atoms with Gasteiger partial charge >= 0.3 is 0 Å². The first-order valence-electron chi connectivity index (χ1n) is 7.48. The number of morpholine rings is 1. The molecule has 0 radical (unpaired) electrons. The van der Waals surface area contributed by atoms with Crippen molar-refractivity contribution < 1.29 is 9.47 Å². The molecule has 2 aliphatic heterocycles. The van der Waals surface area contributed by atoms with Gasteiger partial charge in [-0.1, -0.05) is 12.1 Å². The number of hydrogen-bond acceptors (Lipinski definition) is 4. The minimum Gasteiger partial charge on any atom is -0.497 e. The molecule has 110 valence electrons. The van der Waals surface area contributed by atoms with Crippen LogP contribution in [0.1, 0.15) is 24.4 Å². The van der Waals surface area contributed by atoms with Crippen molar-refractivity contribution in [1.82, 2.24) is 10.2 Å². The highest BCUT2D eigenvalue weighted by Crippen LogP contribution is 2.29. The summed E-state index contributed by atoms with van der Waals surface area (Å²) in [5, 5.41) is 3.41. The molecular weight excluding hydrogens is 252 g/mol. The number of methoxy groups -OCH3 is 1. The quantitative estimate of drug-likeness (QED) is 0.909. The predicted molar refractivity (Wildman–Crippen MR) is 79.1 cm³/mol. The fraction of sp³-hybridized carbons (Fsp3) is 0.625. The van der Waals surface area contributed by atoms with Gasteiger partial charge in [0.15, 0.2) is 0 Å². The van der Waals surface area contributed by atoms with E-state index in [0.29, 0.717) is 6.04 Å². The van der Waals surface area contributed by atoms with Gasteiger partial charge in [0.2, 0.25) is 0 Å². The van der Waals surface area contributed by atoms with Crippen LogP contribution in [0.25, 0.3) is 0 Å². The molecule has 3 atom stereocenters.